The molecule has 1 atom stereocenters. The highest BCUT2D eigenvalue weighted by Crippen LogP contribution is 2.25. The fourth-order valence-electron chi connectivity index (χ4n) is 3.36. The first-order valence-corrected chi connectivity index (χ1v) is 8.51. The number of hydrogen-bond acceptors (Lipinski definition) is 3. The molecule has 1 N–H and O–H groups in total. The molecular weight excluding hydrogens is 260 g/mol. The number of aromatic nitrogens is 2. The maximum atomic E-state index is 4.58. The van der Waals surface area contributed by atoms with Crippen molar-refractivity contribution in [2.24, 2.45) is 7.05 Å². The second-order valence-electron chi connectivity index (χ2n) is 6.89. The largest absolute Gasteiger partial charge is 0.312 e. The van der Waals surface area contributed by atoms with Gasteiger partial charge in [-0.15, -0.1) is 0 Å². The van der Waals surface area contributed by atoms with Gasteiger partial charge in [0.15, 0.2) is 0 Å². The first kappa shape index (κ1) is 16.5. The smallest absolute Gasteiger partial charge is 0.0640 e. The van der Waals surface area contributed by atoms with Gasteiger partial charge in [-0.25, -0.2) is 0 Å². The summed E-state index contributed by atoms with van der Waals surface area (Å²) in [5.74, 6) is 0. The van der Waals surface area contributed by atoms with Gasteiger partial charge in [0, 0.05) is 31.2 Å². The van der Waals surface area contributed by atoms with Crippen molar-refractivity contribution in [1.29, 1.82) is 0 Å². The Morgan fingerprint density at radius 3 is 2.57 bits per heavy atom. The van der Waals surface area contributed by atoms with E-state index >= 15 is 0 Å². The molecule has 0 aliphatic carbocycles. The van der Waals surface area contributed by atoms with Crippen molar-refractivity contribution in [2.45, 2.75) is 64.5 Å². The average molecular weight is 292 g/mol. The fraction of sp³-hybridized carbons (Fsp3) is 0.824. The van der Waals surface area contributed by atoms with E-state index in [4.69, 9.17) is 0 Å². The molecule has 2 rings (SSSR count). The van der Waals surface area contributed by atoms with E-state index in [1.54, 1.807) is 0 Å². The van der Waals surface area contributed by atoms with Gasteiger partial charge in [-0.3, -0.25) is 9.58 Å². The highest BCUT2D eigenvalue weighted by Gasteiger charge is 2.35. The number of aryl methyl sites for hydroxylation is 1. The third kappa shape index (κ3) is 4.30. The Morgan fingerprint density at radius 1 is 1.29 bits per heavy atom. The summed E-state index contributed by atoms with van der Waals surface area (Å²) in [5.41, 5.74) is 1.36. The normalized spacial score (nSPS) is 18.9. The maximum absolute atomic E-state index is 4.58. The Bertz CT molecular complexity index is 418. The van der Waals surface area contributed by atoms with Crippen LogP contribution in [0.3, 0.4) is 0 Å². The van der Waals surface area contributed by atoms with E-state index in [0.29, 0.717) is 6.04 Å². The number of rotatable bonds is 7. The third-order valence-electron chi connectivity index (χ3n) is 4.85. The van der Waals surface area contributed by atoms with E-state index in [0.717, 1.165) is 13.0 Å². The first-order chi connectivity index (χ1) is 10.0. The minimum atomic E-state index is 0.174. The predicted octanol–water partition coefficient (Wildman–Crippen LogP) is 2.60. The summed E-state index contributed by atoms with van der Waals surface area (Å²) >= 11 is 0. The van der Waals surface area contributed by atoms with Gasteiger partial charge >= 0.3 is 0 Å². The summed E-state index contributed by atoms with van der Waals surface area (Å²) in [5, 5.41) is 8.35. The Labute approximate surface area is 129 Å². The van der Waals surface area contributed by atoms with E-state index in [1.807, 2.05) is 17.9 Å². The summed E-state index contributed by atoms with van der Waals surface area (Å²) in [6.07, 6.45) is 8.29. The molecule has 2 heterocycles. The Morgan fingerprint density at radius 2 is 2.00 bits per heavy atom. The van der Waals surface area contributed by atoms with Gasteiger partial charge in [-0.2, -0.15) is 5.10 Å². The fourth-order valence-corrected chi connectivity index (χ4v) is 3.36. The summed E-state index contributed by atoms with van der Waals surface area (Å²) < 4.78 is 1.90. The standard InChI is InChI=1S/C17H32N4/c1-5-10-18-16(14-15-9-13-20(4)19-15)17(2,3)21-11-7-6-8-12-21/h9,13,16,18H,5-8,10-12,14H2,1-4H3. The van der Waals surface area contributed by atoms with Gasteiger partial charge in [0.25, 0.3) is 0 Å². The number of likely N-dealkylation sites (tertiary alicyclic amines) is 1. The molecule has 1 aliphatic heterocycles. The lowest BCUT2D eigenvalue weighted by Crippen LogP contribution is -2.60. The molecule has 1 unspecified atom stereocenters. The summed E-state index contributed by atoms with van der Waals surface area (Å²) in [7, 11) is 1.99. The lowest BCUT2D eigenvalue weighted by atomic mass is 9.87. The molecule has 4 nitrogen and oxygen atoms in total. The van der Waals surface area contributed by atoms with Crippen LogP contribution in [-0.2, 0) is 13.5 Å². The third-order valence-corrected chi connectivity index (χ3v) is 4.85. The van der Waals surface area contributed by atoms with Gasteiger partial charge in [-0.1, -0.05) is 13.3 Å². The van der Waals surface area contributed by atoms with Crippen LogP contribution < -0.4 is 5.32 Å². The molecule has 0 saturated carbocycles. The van der Waals surface area contributed by atoms with Crippen molar-refractivity contribution in [1.82, 2.24) is 20.0 Å². The van der Waals surface area contributed by atoms with Crippen molar-refractivity contribution in [3.05, 3.63) is 18.0 Å². The second kappa shape index (κ2) is 7.41. The molecule has 1 fully saturated rings. The van der Waals surface area contributed by atoms with E-state index in [9.17, 15) is 0 Å². The van der Waals surface area contributed by atoms with Crippen molar-refractivity contribution in [3.63, 3.8) is 0 Å². The lowest BCUT2D eigenvalue weighted by Gasteiger charge is -2.46. The van der Waals surface area contributed by atoms with Gasteiger partial charge in [0.05, 0.1) is 5.69 Å². The van der Waals surface area contributed by atoms with Crippen LogP contribution in [-0.4, -0.2) is 45.9 Å². The maximum Gasteiger partial charge on any atom is 0.0640 e. The molecule has 0 spiro atoms. The van der Waals surface area contributed by atoms with Crippen LogP contribution in [0.1, 0.15) is 52.1 Å². The van der Waals surface area contributed by atoms with E-state index in [2.05, 4.69) is 42.2 Å². The zero-order valence-electron chi connectivity index (χ0n) is 14.2. The minimum absolute atomic E-state index is 0.174. The van der Waals surface area contributed by atoms with Crippen LogP contribution in [0.15, 0.2) is 12.3 Å². The molecule has 1 aromatic rings. The number of nitrogens with one attached hydrogen (secondary N) is 1. The Balaban J connectivity index is 2.08. The topological polar surface area (TPSA) is 33.1 Å². The molecule has 1 aliphatic rings. The Kier molecular flexibility index (Phi) is 5.82. The highest BCUT2D eigenvalue weighted by molar-refractivity contribution is 5.06. The summed E-state index contributed by atoms with van der Waals surface area (Å²) in [4.78, 5) is 2.67. The average Bonchev–Trinajstić information content (AvgIpc) is 2.89. The number of piperidine rings is 1. The SMILES string of the molecule is CCCNC(Cc1ccn(C)n1)C(C)(C)N1CCCCC1. The van der Waals surface area contributed by atoms with Crippen LogP contribution >= 0.6 is 0 Å². The molecule has 120 valence electrons. The molecule has 0 bridgehead atoms. The van der Waals surface area contributed by atoms with Gasteiger partial charge in [0.2, 0.25) is 0 Å². The number of hydrogen-bond donors (Lipinski definition) is 1. The van der Waals surface area contributed by atoms with Crippen molar-refractivity contribution < 1.29 is 0 Å². The van der Waals surface area contributed by atoms with E-state index in [-0.39, 0.29) is 5.54 Å². The van der Waals surface area contributed by atoms with E-state index in [1.165, 1.54) is 44.5 Å². The molecule has 21 heavy (non-hydrogen) atoms. The minimum Gasteiger partial charge on any atom is -0.312 e. The van der Waals surface area contributed by atoms with Crippen LogP contribution in [0.25, 0.3) is 0 Å². The Hall–Kier alpha value is -0.870. The second-order valence-corrected chi connectivity index (χ2v) is 6.89. The van der Waals surface area contributed by atoms with Crippen LogP contribution in [0.5, 0.6) is 0 Å². The number of nitrogens with zero attached hydrogens (tertiary/aromatic N) is 3. The zero-order valence-corrected chi connectivity index (χ0v) is 14.2. The molecule has 0 radical (unpaired) electrons. The van der Waals surface area contributed by atoms with Crippen LogP contribution in [0.4, 0.5) is 0 Å². The lowest BCUT2D eigenvalue weighted by molar-refractivity contribution is 0.0607. The van der Waals surface area contributed by atoms with E-state index < -0.39 is 0 Å². The van der Waals surface area contributed by atoms with Crippen LogP contribution in [0.2, 0.25) is 0 Å². The van der Waals surface area contributed by atoms with Crippen molar-refractivity contribution in [3.8, 4) is 0 Å². The van der Waals surface area contributed by atoms with Gasteiger partial charge in [0.1, 0.15) is 0 Å². The zero-order chi connectivity index (χ0) is 15.3. The van der Waals surface area contributed by atoms with Crippen LogP contribution in [0, 0.1) is 0 Å². The van der Waals surface area contributed by atoms with Crippen molar-refractivity contribution >= 4 is 0 Å². The summed E-state index contributed by atoms with van der Waals surface area (Å²) in [6.45, 7) is 10.6. The highest BCUT2D eigenvalue weighted by atomic mass is 15.3. The van der Waals surface area contributed by atoms with Gasteiger partial charge in [-0.05, 0) is 58.8 Å². The molecule has 0 amide bonds. The molecule has 1 saturated heterocycles. The monoisotopic (exact) mass is 292 g/mol. The first-order valence-electron chi connectivity index (χ1n) is 8.51. The molecular formula is C17H32N4. The quantitative estimate of drug-likeness (QED) is 0.838. The molecule has 0 aromatic carbocycles. The van der Waals surface area contributed by atoms with Crippen molar-refractivity contribution in [2.75, 3.05) is 19.6 Å². The molecule has 4 heteroatoms. The summed E-state index contributed by atoms with van der Waals surface area (Å²) in [6, 6.07) is 2.60. The molecule has 1 aromatic heterocycles. The predicted molar refractivity (Wildman–Crippen MR) is 88.5 cm³/mol. The van der Waals surface area contributed by atoms with Gasteiger partial charge < -0.3 is 5.32 Å².